The first-order valence-electron chi connectivity index (χ1n) is 10.2. The van der Waals surface area contributed by atoms with E-state index < -0.39 is 10.0 Å². The lowest BCUT2D eigenvalue weighted by atomic mass is 10.1. The largest absolute Gasteiger partial charge is 0.493 e. The van der Waals surface area contributed by atoms with Crippen LogP contribution in [0.4, 0.5) is 0 Å². The Morgan fingerprint density at radius 3 is 2.42 bits per heavy atom. The van der Waals surface area contributed by atoms with Gasteiger partial charge in [-0.05, 0) is 60.5 Å². The van der Waals surface area contributed by atoms with E-state index >= 15 is 0 Å². The summed E-state index contributed by atoms with van der Waals surface area (Å²) in [6.07, 6.45) is 4.78. The monoisotopic (exact) mass is 459 g/mol. The van der Waals surface area contributed by atoms with E-state index in [0.29, 0.717) is 33.6 Å². The van der Waals surface area contributed by atoms with E-state index in [1.165, 1.54) is 3.97 Å². The van der Waals surface area contributed by atoms with Gasteiger partial charge in [0, 0.05) is 34.9 Å². The summed E-state index contributed by atoms with van der Waals surface area (Å²) in [4.78, 5) is 8.90. The second-order valence-corrected chi connectivity index (χ2v) is 9.41. The highest BCUT2D eigenvalue weighted by molar-refractivity contribution is 7.90. The molecule has 0 bridgehead atoms. The normalized spacial score (nSPS) is 11.7. The van der Waals surface area contributed by atoms with Crippen LogP contribution < -0.4 is 9.47 Å². The first-order valence-corrected chi connectivity index (χ1v) is 11.7. The first kappa shape index (κ1) is 21.0. The molecule has 0 atom stereocenters. The second kappa shape index (κ2) is 7.90. The third-order valence-corrected chi connectivity index (χ3v) is 7.24. The Bertz CT molecular complexity index is 1620. The number of hydrogen-bond acceptors (Lipinski definition) is 6. The Hall–Kier alpha value is -3.91. The molecule has 0 radical (unpaired) electrons. The van der Waals surface area contributed by atoms with Crippen molar-refractivity contribution in [3.63, 3.8) is 0 Å². The fraction of sp³-hybridized carbons (Fsp3) is 0.120. The number of rotatable bonds is 5. The van der Waals surface area contributed by atoms with E-state index in [1.54, 1.807) is 57.1 Å². The van der Waals surface area contributed by atoms with Crippen molar-refractivity contribution in [2.24, 2.45) is 0 Å². The zero-order chi connectivity index (χ0) is 23.2. The molecule has 5 aromatic rings. The van der Waals surface area contributed by atoms with Crippen molar-refractivity contribution in [1.29, 1.82) is 0 Å². The number of hydrogen-bond donors (Lipinski definition) is 0. The van der Waals surface area contributed by atoms with E-state index in [9.17, 15) is 8.42 Å². The molecule has 0 spiro atoms. The fourth-order valence-corrected chi connectivity index (χ4v) is 5.63. The van der Waals surface area contributed by atoms with E-state index in [1.807, 2.05) is 37.3 Å². The quantitative estimate of drug-likeness (QED) is 0.375. The van der Waals surface area contributed by atoms with Gasteiger partial charge >= 0.3 is 0 Å². The summed E-state index contributed by atoms with van der Waals surface area (Å²) in [6, 6.07) is 16.3. The van der Waals surface area contributed by atoms with Gasteiger partial charge in [0.2, 0.25) is 0 Å². The first-order chi connectivity index (χ1) is 15.9. The summed E-state index contributed by atoms with van der Waals surface area (Å²) >= 11 is 0. The Morgan fingerprint density at radius 2 is 1.64 bits per heavy atom. The molecule has 5 rings (SSSR count). The summed E-state index contributed by atoms with van der Waals surface area (Å²) in [5.41, 5.74) is 3.10. The Labute approximate surface area is 191 Å². The number of benzene rings is 2. The predicted octanol–water partition coefficient (Wildman–Crippen LogP) is 4.81. The molecule has 0 fully saturated rings. The molecule has 33 heavy (non-hydrogen) atoms. The smallest absolute Gasteiger partial charge is 0.271 e. The van der Waals surface area contributed by atoms with Crippen LogP contribution in [-0.4, -0.2) is 36.6 Å². The summed E-state index contributed by atoms with van der Waals surface area (Å²) < 4.78 is 39.9. The van der Waals surface area contributed by atoms with E-state index in [2.05, 4.69) is 9.97 Å². The minimum atomic E-state index is -3.99. The van der Waals surface area contributed by atoms with Crippen molar-refractivity contribution < 1.29 is 17.9 Å². The van der Waals surface area contributed by atoms with E-state index in [-0.39, 0.29) is 4.90 Å². The molecule has 0 N–H and O–H groups in total. The van der Waals surface area contributed by atoms with Gasteiger partial charge in [0.1, 0.15) is 4.90 Å². The van der Waals surface area contributed by atoms with Crippen LogP contribution in [0.2, 0.25) is 0 Å². The third kappa shape index (κ3) is 3.39. The van der Waals surface area contributed by atoms with Crippen molar-refractivity contribution in [3.05, 3.63) is 78.8 Å². The predicted molar refractivity (Wildman–Crippen MR) is 127 cm³/mol. The van der Waals surface area contributed by atoms with Crippen molar-refractivity contribution in [2.75, 3.05) is 14.2 Å². The summed E-state index contributed by atoms with van der Waals surface area (Å²) in [6.45, 7) is 1.87. The van der Waals surface area contributed by atoms with Crippen molar-refractivity contribution in [3.8, 4) is 22.6 Å². The number of aryl methyl sites for hydroxylation is 1. The van der Waals surface area contributed by atoms with Gasteiger partial charge in [0.25, 0.3) is 10.0 Å². The molecule has 166 valence electrons. The standard InChI is InChI=1S/C25H21N3O4S/c1-16-12-18-6-4-10-26-24(18)23(13-16)33(29,30)28-15-20(19-7-5-11-27-25(19)28)17-8-9-21(31-2)22(14-17)32-3/h4-15H,1-3H3. The van der Waals surface area contributed by atoms with Gasteiger partial charge in [-0.2, -0.15) is 0 Å². The molecular weight excluding hydrogens is 438 g/mol. The number of ether oxygens (including phenoxy) is 2. The van der Waals surface area contributed by atoms with Gasteiger partial charge in [0.05, 0.1) is 19.7 Å². The second-order valence-electron chi connectivity index (χ2n) is 7.63. The molecule has 0 aliphatic carbocycles. The lowest BCUT2D eigenvalue weighted by Gasteiger charge is -2.10. The SMILES string of the molecule is COc1ccc(-c2cn(S(=O)(=O)c3cc(C)cc4cccnc34)c3ncccc23)cc1OC. The highest BCUT2D eigenvalue weighted by Gasteiger charge is 2.26. The summed E-state index contributed by atoms with van der Waals surface area (Å²) in [5.74, 6) is 1.14. The van der Waals surface area contributed by atoms with Crippen LogP contribution in [0.15, 0.2) is 78.1 Å². The van der Waals surface area contributed by atoms with Crippen LogP contribution >= 0.6 is 0 Å². The molecule has 3 aromatic heterocycles. The molecule has 0 aliphatic heterocycles. The minimum Gasteiger partial charge on any atom is -0.493 e. The highest BCUT2D eigenvalue weighted by Crippen LogP contribution is 2.37. The molecule has 0 aliphatic rings. The molecule has 0 amide bonds. The molecule has 8 heteroatoms. The number of aromatic nitrogens is 3. The number of nitrogens with zero attached hydrogens (tertiary/aromatic N) is 3. The van der Waals surface area contributed by atoms with E-state index in [0.717, 1.165) is 16.5 Å². The average Bonchev–Trinajstić information content (AvgIpc) is 3.23. The lowest BCUT2D eigenvalue weighted by Crippen LogP contribution is -2.13. The van der Waals surface area contributed by atoms with Gasteiger partial charge in [-0.1, -0.05) is 12.1 Å². The van der Waals surface area contributed by atoms with Gasteiger partial charge < -0.3 is 9.47 Å². The van der Waals surface area contributed by atoms with Crippen LogP contribution in [0, 0.1) is 6.92 Å². The van der Waals surface area contributed by atoms with Gasteiger partial charge in [-0.25, -0.2) is 17.4 Å². The number of methoxy groups -OCH3 is 2. The molecule has 2 aromatic carbocycles. The van der Waals surface area contributed by atoms with Gasteiger partial charge in [0.15, 0.2) is 17.1 Å². The highest BCUT2D eigenvalue weighted by atomic mass is 32.2. The maximum absolute atomic E-state index is 13.9. The molecule has 0 unspecified atom stereocenters. The minimum absolute atomic E-state index is 0.138. The Balaban J connectivity index is 1.78. The van der Waals surface area contributed by atoms with Crippen LogP contribution in [0.5, 0.6) is 11.5 Å². The summed E-state index contributed by atoms with van der Waals surface area (Å²) in [7, 11) is -0.863. The Morgan fingerprint density at radius 1 is 0.879 bits per heavy atom. The molecule has 3 heterocycles. The molecule has 0 saturated carbocycles. The van der Waals surface area contributed by atoms with Crippen LogP contribution in [0.25, 0.3) is 33.1 Å². The maximum atomic E-state index is 13.9. The zero-order valence-electron chi connectivity index (χ0n) is 18.3. The maximum Gasteiger partial charge on any atom is 0.271 e. The third-order valence-electron chi connectivity index (χ3n) is 5.58. The van der Waals surface area contributed by atoms with Crippen LogP contribution in [-0.2, 0) is 10.0 Å². The average molecular weight is 460 g/mol. The van der Waals surface area contributed by atoms with Crippen molar-refractivity contribution in [2.45, 2.75) is 11.8 Å². The molecule has 7 nitrogen and oxygen atoms in total. The van der Waals surface area contributed by atoms with Gasteiger partial charge in [-0.3, -0.25) is 4.98 Å². The van der Waals surface area contributed by atoms with Crippen molar-refractivity contribution in [1.82, 2.24) is 13.9 Å². The summed E-state index contributed by atoms with van der Waals surface area (Å²) in [5, 5.41) is 1.47. The number of pyridine rings is 2. The fourth-order valence-electron chi connectivity index (χ4n) is 4.05. The number of fused-ring (bicyclic) bond motifs is 2. The van der Waals surface area contributed by atoms with Crippen LogP contribution in [0.3, 0.4) is 0 Å². The lowest BCUT2D eigenvalue weighted by molar-refractivity contribution is 0.355. The molecular formula is C25H21N3O4S. The van der Waals surface area contributed by atoms with E-state index in [4.69, 9.17) is 9.47 Å². The topological polar surface area (TPSA) is 83.3 Å². The van der Waals surface area contributed by atoms with Crippen molar-refractivity contribution >= 4 is 32.0 Å². The Kier molecular flexibility index (Phi) is 5.02. The zero-order valence-corrected chi connectivity index (χ0v) is 19.1. The van der Waals surface area contributed by atoms with Crippen LogP contribution in [0.1, 0.15) is 5.56 Å². The molecule has 0 saturated heterocycles. The van der Waals surface area contributed by atoms with Gasteiger partial charge in [-0.15, -0.1) is 0 Å².